The van der Waals surface area contributed by atoms with E-state index in [-0.39, 0.29) is 17.2 Å². The lowest BCUT2D eigenvalue weighted by Gasteiger charge is -2.35. The number of carbonyl (C=O) groups excluding carboxylic acids is 2. The molecule has 2 aromatic carbocycles. The van der Waals surface area contributed by atoms with E-state index in [1.54, 1.807) is 18.7 Å². The minimum atomic E-state index is -1.17. The highest BCUT2D eigenvalue weighted by molar-refractivity contribution is 6.15. The fourth-order valence-corrected chi connectivity index (χ4v) is 3.70. The zero-order valence-corrected chi connectivity index (χ0v) is 17.5. The molecule has 1 N–H and O–H groups in total. The Hall–Kier alpha value is -2.62. The largest absolute Gasteiger partial charge is 0.325 e. The Morgan fingerprint density at radius 3 is 2.29 bits per heavy atom. The van der Waals surface area contributed by atoms with Gasteiger partial charge in [-0.2, -0.15) is 0 Å². The SMILES string of the molecule is CC(C)(C(=O)Nc1ccccc1C(C)(C)C)C(=O)N1CCCc2ccccc21. The van der Waals surface area contributed by atoms with Crippen LogP contribution in [0.25, 0.3) is 0 Å². The van der Waals surface area contributed by atoms with Crippen LogP contribution in [0.2, 0.25) is 0 Å². The minimum absolute atomic E-state index is 0.107. The predicted octanol–water partition coefficient (Wildman–Crippen LogP) is 4.93. The van der Waals surface area contributed by atoms with Crippen molar-refractivity contribution in [2.75, 3.05) is 16.8 Å². The molecule has 2 aromatic rings. The van der Waals surface area contributed by atoms with E-state index in [9.17, 15) is 9.59 Å². The zero-order valence-electron chi connectivity index (χ0n) is 17.5. The summed E-state index contributed by atoms with van der Waals surface area (Å²) in [4.78, 5) is 28.3. The average Bonchev–Trinajstić information content (AvgIpc) is 2.66. The number of anilines is 2. The molecule has 1 aliphatic heterocycles. The van der Waals surface area contributed by atoms with Gasteiger partial charge in [0, 0.05) is 17.9 Å². The number of fused-ring (bicyclic) bond motifs is 1. The maximum atomic E-state index is 13.4. The van der Waals surface area contributed by atoms with E-state index < -0.39 is 5.41 Å². The van der Waals surface area contributed by atoms with Crippen molar-refractivity contribution in [1.29, 1.82) is 0 Å². The lowest BCUT2D eigenvalue weighted by molar-refractivity contribution is -0.136. The summed E-state index contributed by atoms with van der Waals surface area (Å²) >= 11 is 0. The number of nitrogens with one attached hydrogen (secondary N) is 1. The number of nitrogens with zero attached hydrogens (tertiary/aromatic N) is 1. The van der Waals surface area contributed by atoms with Crippen LogP contribution in [0.5, 0.6) is 0 Å². The lowest BCUT2D eigenvalue weighted by atomic mass is 9.84. The van der Waals surface area contributed by atoms with Gasteiger partial charge < -0.3 is 10.2 Å². The van der Waals surface area contributed by atoms with Gasteiger partial charge in [-0.05, 0) is 55.4 Å². The number of aryl methyl sites for hydroxylation is 1. The Morgan fingerprint density at radius 2 is 1.57 bits per heavy atom. The lowest BCUT2D eigenvalue weighted by Crippen LogP contribution is -2.49. The molecule has 0 aromatic heterocycles. The van der Waals surface area contributed by atoms with Gasteiger partial charge >= 0.3 is 0 Å². The van der Waals surface area contributed by atoms with Crippen molar-refractivity contribution in [3.8, 4) is 0 Å². The monoisotopic (exact) mass is 378 g/mol. The highest BCUT2D eigenvalue weighted by Crippen LogP contribution is 2.33. The van der Waals surface area contributed by atoms with Gasteiger partial charge in [-0.1, -0.05) is 57.2 Å². The van der Waals surface area contributed by atoms with E-state index in [1.165, 1.54) is 0 Å². The fourth-order valence-electron chi connectivity index (χ4n) is 3.70. The standard InChI is InChI=1S/C24H30N2O2/c1-23(2,3)18-13-7-8-14-19(18)25-21(27)24(4,5)22(28)26-16-10-12-17-11-6-9-15-20(17)26/h6-9,11,13-15H,10,12,16H2,1-5H3,(H,25,27). The first-order valence-electron chi connectivity index (χ1n) is 9.93. The molecule has 0 radical (unpaired) electrons. The second-order valence-electron chi connectivity index (χ2n) is 9.06. The molecule has 0 saturated carbocycles. The molecule has 0 spiro atoms. The fraction of sp³-hybridized carbons (Fsp3) is 0.417. The smallest absolute Gasteiger partial charge is 0.242 e. The van der Waals surface area contributed by atoms with E-state index in [2.05, 4.69) is 32.2 Å². The molecule has 0 atom stereocenters. The molecule has 0 unspecified atom stereocenters. The van der Waals surface area contributed by atoms with Crippen LogP contribution in [-0.4, -0.2) is 18.4 Å². The van der Waals surface area contributed by atoms with Crippen LogP contribution in [0.1, 0.15) is 52.2 Å². The number of amides is 2. The van der Waals surface area contributed by atoms with Crippen molar-refractivity contribution >= 4 is 23.2 Å². The molecule has 28 heavy (non-hydrogen) atoms. The van der Waals surface area contributed by atoms with Crippen LogP contribution >= 0.6 is 0 Å². The van der Waals surface area contributed by atoms with Gasteiger partial charge in [0.05, 0.1) is 0 Å². The predicted molar refractivity (Wildman–Crippen MR) is 115 cm³/mol. The number of benzene rings is 2. The molecular formula is C24H30N2O2. The van der Waals surface area contributed by atoms with Crippen LogP contribution in [0.15, 0.2) is 48.5 Å². The van der Waals surface area contributed by atoms with Gasteiger partial charge in [0.2, 0.25) is 11.8 Å². The molecule has 1 aliphatic rings. The highest BCUT2D eigenvalue weighted by Gasteiger charge is 2.41. The molecule has 2 amide bonds. The number of hydrogen-bond acceptors (Lipinski definition) is 2. The van der Waals surface area contributed by atoms with Crippen LogP contribution in [0, 0.1) is 5.41 Å². The molecule has 0 fully saturated rings. The van der Waals surface area contributed by atoms with Gasteiger partial charge in [-0.25, -0.2) is 0 Å². The summed E-state index contributed by atoms with van der Waals surface area (Å²) in [5.74, 6) is -0.442. The third-order valence-electron chi connectivity index (χ3n) is 5.44. The number of para-hydroxylation sites is 2. The normalized spacial score (nSPS) is 14.4. The van der Waals surface area contributed by atoms with Gasteiger partial charge in [-0.15, -0.1) is 0 Å². The summed E-state index contributed by atoms with van der Waals surface area (Å²) in [5.41, 5.74) is 2.63. The molecule has 4 heteroatoms. The van der Waals surface area contributed by atoms with Crippen LogP contribution in [0.4, 0.5) is 11.4 Å². The Bertz CT molecular complexity index is 893. The Balaban J connectivity index is 1.86. The van der Waals surface area contributed by atoms with Crippen molar-refractivity contribution in [3.63, 3.8) is 0 Å². The van der Waals surface area contributed by atoms with Crippen LogP contribution in [0.3, 0.4) is 0 Å². The molecule has 148 valence electrons. The van der Waals surface area contributed by atoms with E-state index in [4.69, 9.17) is 0 Å². The number of rotatable bonds is 3. The molecular weight excluding hydrogens is 348 g/mol. The van der Waals surface area contributed by atoms with Crippen molar-refractivity contribution in [2.24, 2.45) is 5.41 Å². The highest BCUT2D eigenvalue weighted by atomic mass is 16.2. The maximum absolute atomic E-state index is 13.4. The second kappa shape index (κ2) is 7.42. The first-order chi connectivity index (χ1) is 13.1. The topological polar surface area (TPSA) is 49.4 Å². The van der Waals surface area contributed by atoms with Gasteiger partial charge in [0.25, 0.3) is 0 Å². The molecule has 4 nitrogen and oxygen atoms in total. The first-order valence-corrected chi connectivity index (χ1v) is 9.93. The number of carbonyl (C=O) groups is 2. The van der Waals surface area contributed by atoms with Crippen molar-refractivity contribution in [3.05, 3.63) is 59.7 Å². The quantitative estimate of drug-likeness (QED) is 0.770. The van der Waals surface area contributed by atoms with Crippen molar-refractivity contribution in [1.82, 2.24) is 0 Å². The van der Waals surface area contributed by atoms with Crippen LogP contribution < -0.4 is 10.2 Å². The molecule has 0 aliphatic carbocycles. The van der Waals surface area contributed by atoms with Crippen molar-refractivity contribution < 1.29 is 9.59 Å². The summed E-state index contributed by atoms with van der Waals surface area (Å²) < 4.78 is 0. The second-order valence-corrected chi connectivity index (χ2v) is 9.06. The third kappa shape index (κ3) is 3.82. The van der Waals surface area contributed by atoms with E-state index in [1.807, 2.05) is 42.5 Å². The van der Waals surface area contributed by atoms with Gasteiger partial charge in [0.15, 0.2) is 0 Å². The summed E-state index contributed by atoms with van der Waals surface area (Å²) in [6, 6.07) is 15.8. The van der Waals surface area contributed by atoms with Crippen LogP contribution in [-0.2, 0) is 21.4 Å². The first kappa shape index (κ1) is 20.1. The number of hydrogen-bond donors (Lipinski definition) is 1. The molecule has 1 heterocycles. The van der Waals surface area contributed by atoms with E-state index >= 15 is 0 Å². The average molecular weight is 379 g/mol. The third-order valence-corrected chi connectivity index (χ3v) is 5.44. The van der Waals surface area contributed by atoms with Gasteiger partial charge in [-0.3, -0.25) is 9.59 Å². The van der Waals surface area contributed by atoms with Crippen molar-refractivity contribution in [2.45, 2.75) is 52.9 Å². The van der Waals surface area contributed by atoms with E-state index in [0.717, 1.165) is 35.3 Å². The minimum Gasteiger partial charge on any atom is -0.325 e. The molecule has 0 saturated heterocycles. The Kier molecular flexibility index (Phi) is 5.33. The molecule has 0 bridgehead atoms. The van der Waals surface area contributed by atoms with Gasteiger partial charge in [0.1, 0.15) is 5.41 Å². The Labute approximate surface area is 167 Å². The molecule has 3 rings (SSSR count). The maximum Gasteiger partial charge on any atom is 0.242 e. The summed E-state index contributed by atoms with van der Waals surface area (Å²) in [6.45, 7) is 10.4. The summed E-state index contributed by atoms with van der Waals surface area (Å²) in [5, 5.41) is 3.01. The summed E-state index contributed by atoms with van der Waals surface area (Å²) in [7, 11) is 0. The Morgan fingerprint density at radius 1 is 0.929 bits per heavy atom. The zero-order chi connectivity index (χ0) is 20.5. The van der Waals surface area contributed by atoms with E-state index in [0.29, 0.717) is 6.54 Å². The summed E-state index contributed by atoms with van der Waals surface area (Å²) in [6.07, 6.45) is 1.87.